The number of nitrogens with two attached hydrogens (primary N) is 1. The molecule has 0 radical (unpaired) electrons. The molecule has 0 saturated heterocycles. The van der Waals surface area contributed by atoms with Gasteiger partial charge in [-0.3, -0.25) is 4.90 Å². The smallest absolute Gasteiger partial charge is 0.180 e. The van der Waals surface area contributed by atoms with Gasteiger partial charge in [0.05, 0.1) is 0 Å². The molecule has 0 aliphatic heterocycles. The van der Waals surface area contributed by atoms with Crippen LogP contribution in [-0.4, -0.2) is 23.0 Å². The van der Waals surface area contributed by atoms with E-state index in [1.165, 1.54) is 30.7 Å². The highest BCUT2D eigenvalue weighted by Gasteiger charge is 2.20. The minimum atomic E-state index is 0.685. The highest BCUT2D eigenvalue weighted by atomic mass is 32.1. The lowest BCUT2D eigenvalue weighted by molar-refractivity contribution is 0.179. The Kier molecular flexibility index (Phi) is 3.59. The molecule has 1 aromatic rings. The molecule has 15 heavy (non-hydrogen) atoms. The summed E-state index contributed by atoms with van der Waals surface area (Å²) in [5.41, 5.74) is 5.62. The zero-order valence-corrected chi connectivity index (χ0v) is 10.1. The molecule has 1 aromatic heterocycles. The SMILES string of the molecule is CCN(Cc1cnc(N)s1)CC1CCC1. The van der Waals surface area contributed by atoms with Crippen LogP contribution in [0.1, 0.15) is 31.1 Å². The summed E-state index contributed by atoms with van der Waals surface area (Å²) in [4.78, 5) is 7.87. The summed E-state index contributed by atoms with van der Waals surface area (Å²) in [7, 11) is 0. The van der Waals surface area contributed by atoms with E-state index < -0.39 is 0 Å². The van der Waals surface area contributed by atoms with E-state index in [4.69, 9.17) is 5.73 Å². The van der Waals surface area contributed by atoms with Crippen molar-refractivity contribution in [3.8, 4) is 0 Å². The van der Waals surface area contributed by atoms with Crippen molar-refractivity contribution in [2.24, 2.45) is 5.92 Å². The molecule has 0 bridgehead atoms. The third-order valence-corrected chi connectivity index (χ3v) is 3.95. The molecule has 1 saturated carbocycles. The fraction of sp³-hybridized carbons (Fsp3) is 0.727. The molecule has 3 nitrogen and oxygen atoms in total. The van der Waals surface area contributed by atoms with Gasteiger partial charge in [0.1, 0.15) is 0 Å². The van der Waals surface area contributed by atoms with E-state index in [0.717, 1.165) is 19.0 Å². The third-order valence-electron chi connectivity index (χ3n) is 3.14. The molecule has 2 rings (SSSR count). The van der Waals surface area contributed by atoms with Crippen LogP contribution in [0.4, 0.5) is 5.13 Å². The Morgan fingerprint density at radius 3 is 2.87 bits per heavy atom. The van der Waals surface area contributed by atoms with Gasteiger partial charge in [-0.1, -0.05) is 13.3 Å². The molecule has 1 fully saturated rings. The van der Waals surface area contributed by atoms with E-state index in [1.54, 1.807) is 11.3 Å². The van der Waals surface area contributed by atoms with E-state index in [-0.39, 0.29) is 0 Å². The lowest BCUT2D eigenvalue weighted by atomic mass is 9.85. The molecule has 0 atom stereocenters. The first-order chi connectivity index (χ1) is 7.28. The molecular formula is C11H19N3S. The van der Waals surface area contributed by atoms with Crippen LogP contribution in [0, 0.1) is 5.92 Å². The van der Waals surface area contributed by atoms with E-state index in [2.05, 4.69) is 16.8 Å². The summed E-state index contributed by atoms with van der Waals surface area (Å²) >= 11 is 1.61. The molecule has 1 aliphatic rings. The standard InChI is InChI=1S/C11H19N3S/c1-2-14(7-9-4-3-5-9)8-10-6-13-11(12)15-10/h6,9H,2-5,7-8H2,1H3,(H2,12,13). The summed E-state index contributed by atoms with van der Waals surface area (Å²) in [6.45, 7) is 5.60. The molecule has 0 amide bonds. The summed E-state index contributed by atoms with van der Waals surface area (Å²) in [6.07, 6.45) is 6.17. The molecule has 84 valence electrons. The normalized spacial score (nSPS) is 16.9. The molecule has 0 aromatic carbocycles. The van der Waals surface area contributed by atoms with E-state index in [9.17, 15) is 0 Å². The third kappa shape index (κ3) is 2.92. The van der Waals surface area contributed by atoms with Gasteiger partial charge in [-0.2, -0.15) is 0 Å². The van der Waals surface area contributed by atoms with Gasteiger partial charge < -0.3 is 5.73 Å². The van der Waals surface area contributed by atoms with Crippen LogP contribution in [0.3, 0.4) is 0 Å². The van der Waals surface area contributed by atoms with Gasteiger partial charge in [0.2, 0.25) is 0 Å². The zero-order chi connectivity index (χ0) is 10.7. The van der Waals surface area contributed by atoms with E-state index in [1.807, 2.05) is 6.20 Å². The van der Waals surface area contributed by atoms with Crippen molar-refractivity contribution in [2.75, 3.05) is 18.8 Å². The fourth-order valence-electron chi connectivity index (χ4n) is 1.96. The van der Waals surface area contributed by atoms with Crippen LogP contribution in [0.15, 0.2) is 6.20 Å². The monoisotopic (exact) mass is 225 g/mol. The van der Waals surface area contributed by atoms with Gasteiger partial charge in [-0.05, 0) is 25.3 Å². The maximum Gasteiger partial charge on any atom is 0.180 e. The second-order valence-corrected chi connectivity index (χ2v) is 5.44. The zero-order valence-electron chi connectivity index (χ0n) is 9.28. The van der Waals surface area contributed by atoms with Gasteiger partial charge in [0.25, 0.3) is 0 Å². The first-order valence-corrected chi connectivity index (χ1v) is 6.52. The van der Waals surface area contributed by atoms with Crippen LogP contribution >= 0.6 is 11.3 Å². The van der Waals surface area contributed by atoms with Gasteiger partial charge >= 0.3 is 0 Å². The van der Waals surface area contributed by atoms with Gasteiger partial charge in [-0.25, -0.2) is 4.98 Å². The van der Waals surface area contributed by atoms with Crippen molar-refractivity contribution >= 4 is 16.5 Å². The Balaban J connectivity index is 1.84. The lowest BCUT2D eigenvalue weighted by Gasteiger charge is -2.31. The predicted octanol–water partition coefficient (Wildman–Crippen LogP) is 2.35. The lowest BCUT2D eigenvalue weighted by Crippen LogP contribution is -2.31. The Morgan fingerprint density at radius 2 is 2.40 bits per heavy atom. The molecule has 0 spiro atoms. The first kappa shape index (κ1) is 10.9. The highest BCUT2D eigenvalue weighted by Crippen LogP contribution is 2.28. The Labute approximate surface area is 95.3 Å². The summed E-state index contributed by atoms with van der Waals surface area (Å²) in [5.74, 6) is 0.940. The van der Waals surface area contributed by atoms with Crippen molar-refractivity contribution in [3.05, 3.63) is 11.1 Å². The number of hydrogen-bond acceptors (Lipinski definition) is 4. The molecule has 0 unspecified atom stereocenters. The number of anilines is 1. The van der Waals surface area contributed by atoms with Crippen LogP contribution < -0.4 is 5.73 Å². The number of rotatable bonds is 5. The van der Waals surface area contributed by atoms with Crippen molar-refractivity contribution < 1.29 is 0 Å². The van der Waals surface area contributed by atoms with E-state index >= 15 is 0 Å². The summed E-state index contributed by atoms with van der Waals surface area (Å²) < 4.78 is 0. The highest BCUT2D eigenvalue weighted by molar-refractivity contribution is 7.15. The minimum absolute atomic E-state index is 0.685. The summed E-state index contributed by atoms with van der Waals surface area (Å²) in [5, 5.41) is 0.685. The quantitative estimate of drug-likeness (QED) is 0.836. The Morgan fingerprint density at radius 1 is 1.60 bits per heavy atom. The molecule has 1 aliphatic carbocycles. The largest absolute Gasteiger partial charge is 0.375 e. The van der Waals surface area contributed by atoms with Crippen LogP contribution in [0.2, 0.25) is 0 Å². The molecule has 1 heterocycles. The average Bonchev–Trinajstić information content (AvgIpc) is 2.55. The van der Waals surface area contributed by atoms with Crippen molar-refractivity contribution in [3.63, 3.8) is 0 Å². The van der Waals surface area contributed by atoms with Crippen LogP contribution in [-0.2, 0) is 6.54 Å². The number of nitrogens with zero attached hydrogens (tertiary/aromatic N) is 2. The first-order valence-electron chi connectivity index (χ1n) is 5.70. The van der Waals surface area contributed by atoms with Crippen molar-refractivity contribution in [2.45, 2.75) is 32.7 Å². The van der Waals surface area contributed by atoms with Gasteiger partial charge in [0.15, 0.2) is 5.13 Å². The number of thiazole rings is 1. The van der Waals surface area contributed by atoms with Crippen molar-refractivity contribution in [1.82, 2.24) is 9.88 Å². The molecular weight excluding hydrogens is 206 g/mol. The topological polar surface area (TPSA) is 42.2 Å². The second-order valence-electron chi connectivity index (χ2n) is 4.29. The maximum absolute atomic E-state index is 5.62. The predicted molar refractivity (Wildman–Crippen MR) is 64.8 cm³/mol. The number of hydrogen-bond donors (Lipinski definition) is 1. The minimum Gasteiger partial charge on any atom is -0.375 e. The van der Waals surface area contributed by atoms with Crippen LogP contribution in [0.5, 0.6) is 0 Å². The van der Waals surface area contributed by atoms with Gasteiger partial charge in [-0.15, -0.1) is 11.3 Å². The average molecular weight is 225 g/mol. The van der Waals surface area contributed by atoms with Gasteiger partial charge in [0, 0.05) is 24.2 Å². The number of aromatic nitrogens is 1. The van der Waals surface area contributed by atoms with E-state index in [0.29, 0.717) is 5.13 Å². The number of nitrogen functional groups attached to an aromatic ring is 1. The van der Waals surface area contributed by atoms with Crippen LogP contribution in [0.25, 0.3) is 0 Å². The fourth-order valence-corrected chi connectivity index (χ4v) is 2.69. The Hall–Kier alpha value is -0.610. The summed E-state index contributed by atoms with van der Waals surface area (Å²) in [6, 6.07) is 0. The Bertz CT molecular complexity index is 307. The van der Waals surface area contributed by atoms with Crippen molar-refractivity contribution in [1.29, 1.82) is 0 Å². The second kappa shape index (κ2) is 4.94. The molecule has 4 heteroatoms. The molecule has 2 N–H and O–H groups in total. The maximum atomic E-state index is 5.62.